The maximum absolute atomic E-state index is 13.1. The molecule has 0 spiro atoms. The first-order valence-electron chi connectivity index (χ1n) is 17.6. The van der Waals surface area contributed by atoms with Crippen molar-refractivity contribution < 1.29 is 9.59 Å². The van der Waals surface area contributed by atoms with Crippen LogP contribution in [0.2, 0.25) is 0 Å². The summed E-state index contributed by atoms with van der Waals surface area (Å²) in [5, 5.41) is 13.4. The van der Waals surface area contributed by atoms with E-state index in [1.54, 1.807) is 0 Å². The number of fused-ring (bicyclic) bond motifs is 3. The normalized spacial score (nSPS) is 16.4. The fourth-order valence-electron chi connectivity index (χ4n) is 7.36. The highest BCUT2D eigenvalue weighted by atomic mass is 16.2. The van der Waals surface area contributed by atoms with Crippen molar-refractivity contribution in [2.24, 2.45) is 5.92 Å². The van der Waals surface area contributed by atoms with E-state index >= 15 is 0 Å². The number of piperidine rings is 1. The van der Waals surface area contributed by atoms with E-state index in [2.05, 4.69) is 45.1 Å². The summed E-state index contributed by atoms with van der Waals surface area (Å²) in [4.78, 5) is 33.4. The van der Waals surface area contributed by atoms with Crippen molar-refractivity contribution in [2.75, 3.05) is 36.8 Å². The summed E-state index contributed by atoms with van der Waals surface area (Å²) < 4.78 is 0. The predicted octanol–water partition coefficient (Wildman–Crippen LogP) is 7.74. The van der Waals surface area contributed by atoms with Gasteiger partial charge in [-0.2, -0.15) is 0 Å². The number of nitrogens with zero attached hydrogens (tertiary/aromatic N) is 2. The van der Waals surface area contributed by atoms with Crippen molar-refractivity contribution in [3.63, 3.8) is 0 Å². The van der Waals surface area contributed by atoms with Gasteiger partial charge in [-0.3, -0.25) is 19.5 Å². The molecule has 1 aliphatic heterocycles. The van der Waals surface area contributed by atoms with Gasteiger partial charge in [0.15, 0.2) is 0 Å². The Labute approximate surface area is 283 Å². The van der Waals surface area contributed by atoms with Crippen molar-refractivity contribution in [3.05, 3.63) is 113 Å². The molecule has 2 aliphatic rings. The molecule has 7 heteroatoms. The molecule has 7 rings (SSSR count). The maximum Gasteiger partial charge on any atom is 0.255 e. The molecule has 1 fully saturated rings. The highest BCUT2D eigenvalue weighted by Gasteiger charge is 2.25. The number of aromatic nitrogens is 1. The molecule has 0 saturated carbocycles. The van der Waals surface area contributed by atoms with Crippen LogP contribution < -0.4 is 16.0 Å². The van der Waals surface area contributed by atoms with Crippen molar-refractivity contribution >= 4 is 44.9 Å². The standard InChI is InChI=1S/C41H45N5O2/c47-40(43-25-8-7-24-42-39-34-15-3-5-17-37(34)44-38-18-6-4-16-35(38)39)32-13-10-26-46(28-32)27-29-20-22-31(23-21-29)41(48)45-36-19-9-12-30-11-1-2-14-33(30)36/h1-3,5,9,11-12,14-15,17,19-23,32H,4,6-8,10,13,16,18,24-28H2,(H,42,44)(H,43,47)(H,45,48)/t32-/m0/s1. The Morgan fingerprint density at radius 1 is 0.792 bits per heavy atom. The van der Waals surface area contributed by atoms with Gasteiger partial charge in [0.25, 0.3) is 5.91 Å². The Kier molecular flexibility index (Phi) is 9.94. The Morgan fingerprint density at radius 3 is 2.46 bits per heavy atom. The Bertz CT molecular complexity index is 1900. The van der Waals surface area contributed by atoms with E-state index in [1.807, 2.05) is 66.7 Å². The van der Waals surface area contributed by atoms with Crippen molar-refractivity contribution in [1.82, 2.24) is 15.2 Å². The summed E-state index contributed by atoms with van der Waals surface area (Å²) in [5.41, 5.74) is 7.59. The summed E-state index contributed by atoms with van der Waals surface area (Å²) in [6, 6.07) is 30.3. The van der Waals surface area contributed by atoms with Gasteiger partial charge in [0, 0.05) is 59.6 Å². The van der Waals surface area contributed by atoms with Crippen LogP contribution in [0.1, 0.15) is 65.7 Å². The van der Waals surface area contributed by atoms with E-state index < -0.39 is 0 Å². The second kappa shape index (κ2) is 15.0. The number of carbonyl (C=O) groups excluding carboxylic acids is 2. The van der Waals surface area contributed by atoms with Crippen LogP contribution in [-0.2, 0) is 24.2 Å². The van der Waals surface area contributed by atoms with Gasteiger partial charge in [-0.1, -0.05) is 66.7 Å². The molecule has 0 bridgehead atoms. The van der Waals surface area contributed by atoms with Crippen molar-refractivity contribution in [1.29, 1.82) is 0 Å². The molecule has 3 N–H and O–H groups in total. The number of nitrogens with one attached hydrogen (secondary N) is 3. The van der Waals surface area contributed by atoms with Gasteiger partial charge in [0.2, 0.25) is 5.91 Å². The fourth-order valence-corrected chi connectivity index (χ4v) is 7.36. The van der Waals surface area contributed by atoms with Crippen LogP contribution in [0.15, 0.2) is 91.0 Å². The summed E-state index contributed by atoms with van der Waals surface area (Å²) >= 11 is 0. The monoisotopic (exact) mass is 639 g/mol. The van der Waals surface area contributed by atoms with Crippen LogP contribution in [0.3, 0.4) is 0 Å². The molecule has 1 aromatic heterocycles. The minimum Gasteiger partial charge on any atom is -0.384 e. The molecule has 2 heterocycles. The Morgan fingerprint density at radius 2 is 1.56 bits per heavy atom. The van der Waals surface area contributed by atoms with Crippen LogP contribution in [-0.4, -0.2) is 47.9 Å². The summed E-state index contributed by atoms with van der Waals surface area (Å²) in [6.45, 7) is 4.10. The first kappa shape index (κ1) is 31.8. The molecule has 0 unspecified atom stereocenters. The first-order valence-corrected chi connectivity index (χ1v) is 17.6. The fraction of sp³-hybridized carbons (Fsp3) is 0.341. The summed E-state index contributed by atoms with van der Waals surface area (Å²) in [6.07, 6.45) is 8.49. The number of carbonyl (C=O) groups is 2. The molecule has 7 nitrogen and oxygen atoms in total. The SMILES string of the molecule is O=C(Nc1cccc2ccccc12)c1ccc(CN2CCC[C@H](C(=O)NCCCCNc3c4c(nc5ccccc35)CCCC4)C2)cc1. The Hall–Kier alpha value is -4.75. The third-order valence-corrected chi connectivity index (χ3v) is 9.91. The lowest BCUT2D eigenvalue weighted by Gasteiger charge is -2.32. The zero-order chi connectivity index (χ0) is 32.7. The lowest BCUT2D eigenvalue weighted by atomic mass is 9.92. The lowest BCUT2D eigenvalue weighted by molar-refractivity contribution is -0.126. The average Bonchev–Trinajstić information content (AvgIpc) is 3.13. The van der Waals surface area contributed by atoms with Crippen LogP contribution in [0.5, 0.6) is 0 Å². The van der Waals surface area contributed by atoms with E-state index in [0.717, 1.165) is 92.2 Å². The molecule has 4 aromatic carbocycles. The summed E-state index contributed by atoms with van der Waals surface area (Å²) in [7, 11) is 0. The molecular formula is C41H45N5O2. The predicted molar refractivity (Wildman–Crippen MR) is 195 cm³/mol. The highest BCUT2D eigenvalue weighted by molar-refractivity contribution is 6.09. The molecule has 0 radical (unpaired) electrons. The number of para-hydroxylation sites is 1. The zero-order valence-electron chi connectivity index (χ0n) is 27.6. The van der Waals surface area contributed by atoms with Crippen LogP contribution in [0, 0.1) is 5.92 Å². The maximum atomic E-state index is 13.1. The smallest absolute Gasteiger partial charge is 0.255 e. The molecule has 246 valence electrons. The number of unbranched alkanes of at least 4 members (excludes halogenated alkanes) is 1. The molecule has 5 aromatic rings. The van der Waals surface area contributed by atoms with E-state index in [1.165, 1.54) is 35.2 Å². The zero-order valence-corrected chi connectivity index (χ0v) is 27.6. The molecular weight excluding hydrogens is 594 g/mol. The first-order chi connectivity index (χ1) is 23.6. The number of benzene rings is 4. The van der Waals surface area contributed by atoms with E-state index in [0.29, 0.717) is 12.1 Å². The number of hydrogen-bond acceptors (Lipinski definition) is 5. The number of rotatable bonds is 11. The number of amides is 2. The second-order valence-electron chi connectivity index (χ2n) is 13.3. The lowest BCUT2D eigenvalue weighted by Crippen LogP contribution is -2.42. The van der Waals surface area contributed by atoms with Crippen molar-refractivity contribution in [3.8, 4) is 0 Å². The summed E-state index contributed by atoms with van der Waals surface area (Å²) in [5.74, 6) is 0.0628. The molecule has 1 aliphatic carbocycles. The van der Waals surface area contributed by atoms with Crippen LogP contribution in [0.25, 0.3) is 21.7 Å². The van der Waals surface area contributed by atoms with Crippen molar-refractivity contribution in [2.45, 2.75) is 57.9 Å². The minimum atomic E-state index is -0.117. The number of likely N-dealkylation sites (tertiary alicyclic amines) is 1. The van der Waals surface area contributed by atoms with Gasteiger partial charge < -0.3 is 16.0 Å². The molecule has 48 heavy (non-hydrogen) atoms. The van der Waals surface area contributed by atoms with Gasteiger partial charge in [0.1, 0.15) is 0 Å². The number of aryl methyl sites for hydroxylation is 1. The topological polar surface area (TPSA) is 86.4 Å². The van der Waals surface area contributed by atoms with E-state index in [-0.39, 0.29) is 17.7 Å². The molecule has 2 amide bonds. The van der Waals surface area contributed by atoms with Gasteiger partial charge >= 0.3 is 0 Å². The Balaban J connectivity index is 0.853. The van der Waals surface area contributed by atoms with Gasteiger partial charge in [0.05, 0.1) is 11.4 Å². The third-order valence-electron chi connectivity index (χ3n) is 9.91. The largest absolute Gasteiger partial charge is 0.384 e. The van der Waals surface area contributed by atoms with Gasteiger partial charge in [-0.05, 0) is 98.7 Å². The highest BCUT2D eigenvalue weighted by Crippen LogP contribution is 2.33. The van der Waals surface area contributed by atoms with Crippen LogP contribution in [0.4, 0.5) is 11.4 Å². The molecule has 1 atom stereocenters. The second-order valence-corrected chi connectivity index (χ2v) is 13.3. The van der Waals surface area contributed by atoms with Gasteiger partial charge in [-0.15, -0.1) is 0 Å². The number of hydrogen-bond donors (Lipinski definition) is 3. The average molecular weight is 640 g/mol. The van der Waals surface area contributed by atoms with E-state index in [9.17, 15) is 9.59 Å². The number of anilines is 2. The van der Waals surface area contributed by atoms with Crippen LogP contribution >= 0.6 is 0 Å². The van der Waals surface area contributed by atoms with Gasteiger partial charge in [-0.25, -0.2) is 0 Å². The minimum absolute atomic E-state index is 0.0114. The molecule has 1 saturated heterocycles. The third kappa shape index (κ3) is 7.37. The van der Waals surface area contributed by atoms with E-state index in [4.69, 9.17) is 4.98 Å². The number of pyridine rings is 1. The quantitative estimate of drug-likeness (QED) is 0.129.